The fourth-order valence-electron chi connectivity index (χ4n) is 6.16. The number of likely N-dealkylation sites (tertiary alicyclic amines) is 1. The number of nitrogens with zero attached hydrogens (tertiary/aromatic N) is 4. The molecule has 1 aliphatic carbocycles. The summed E-state index contributed by atoms with van der Waals surface area (Å²) < 4.78 is 42.5. The first-order valence-electron chi connectivity index (χ1n) is 15.9. The number of piperidine rings is 1. The summed E-state index contributed by atoms with van der Waals surface area (Å²) in [5, 5.41) is 12.7. The summed E-state index contributed by atoms with van der Waals surface area (Å²) in [6.07, 6.45) is 4.08. The number of hydrogen-bond donors (Lipinski definition) is 1. The van der Waals surface area contributed by atoms with Crippen molar-refractivity contribution in [2.75, 3.05) is 26.8 Å². The molecule has 1 aromatic heterocycles. The van der Waals surface area contributed by atoms with Gasteiger partial charge in [-0.2, -0.15) is 0 Å². The summed E-state index contributed by atoms with van der Waals surface area (Å²) in [5.74, 6) is -0.905. The highest BCUT2D eigenvalue weighted by atomic mass is 32.2. The number of hydrogen-bond acceptors (Lipinski definition) is 8. The molecule has 2 fully saturated rings. The van der Waals surface area contributed by atoms with Crippen molar-refractivity contribution in [1.82, 2.24) is 19.1 Å². The summed E-state index contributed by atoms with van der Waals surface area (Å²) in [6, 6.07) is 12.3. The van der Waals surface area contributed by atoms with Gasteiger partial charge >= 0.3 is 6.09 Å². The molecule has 5 rings (SSSR count). The van der Waals surface area contributed by atoms with Crippen molar-refractivity contribution >= 4 is 38.6 Å². The van der Waals surface area contributed by atoms with Crippen molar-refractivity contribution < 1.29 is 32.4 Å². The Labute approximate surface area is 275 Å². The van der Waals surface area contributed by atoms with Crippen LogP contribution in [0.2, 0.25) is 0 Å². The number of carbonyl (C=O) groups excluding carboxylic acids is 2. The van der Waals surface area contributed by atoms with Crippen molar-refractivity contribution in [1.29, 1.82) is 0 Å². The van der Waals surface area contributed by atoms with E-state index in [9.17, 15) is 28.1 Å². The van der Waals surface area contributed by atoms with Crippen LogP contribution in [0.25, 0.3) is 10.9 Å². The number of aryl methyl sites for hydroxylation is 1. The van der Waals surface area contributed by atoms with Gasteiger partial charge in [0.15, 0.2) is 4.90 Å². The molecule has 3 aromatic rings. The number of rotatable bonds is 12. The zero-order chi connectivity index (χ0) is 33.9. The molecule has 0 spiro atoms. The molecule has 1 saturated carbocycles. The Morgan fingerprint density at radius 1 is 1.09 bits per heavy atom. The highest BCUT2D eigenvalue weighted by Crippen LogP contribution is 2.34. The number of nitrogens with one attached hydrogen (secondary N) is 1. The SMILES string of the molecule is COCCCn1cc(CN(C(=O)C2CC(NS(=O)(=O)c3ccccc3[N+](=O)[O-])CN(C(=O)OC(C)(C)C)C2)C2CC2)c2ccccc21. The summed E-state index contributed by atoms with van der Waals surface area (Å²) in [4.78, 5) is 41.2. The summed E-state index contributed by atoms with van der Waals surface area (Å²) in [7, 11) is -2.70. The van der Waals surface area contributed by atoms with Crippen LogP contribution in [0.5, 0.6) is 0 Å². The summed E-state index contributed by atoms with van der Waals surface area (Å²) in [6.45, 7) is 6.95. The molecule has 1 aliphatic heterocycles. The van der Waals surface area contributed by atoms with Crippen molar-refractivity contribution in [2.45, 2.75) is 82.1 Å². The van der Waals surface area contributed by atoms with E-state index in [1.807, 2.05) is 23.1 Å². The number of aromatic nitrogens is 1. The highest BCUT2D eigenvalue weighted by Gasteiger charge is 2.42. The van der Waals surface area contributed by atoms with Gasteiger partial charge in [-0.05, 0) is 64.2 Å². The van der Waals surface area contributed by atoms with Gasteiger partial charge in [-0.15, -0.1) is 0 Å². The smallest absolute Gasteiger partial charge is 0.410 e. The minimum absolute atomic E-state index is 0.0390. The molecule has 0 radical (unpaired) electrons. The molecular formula is C33H43N5O8S. The third kappa shape index (κ3) is 8.29. The molecule has 1 N–H and O–H groups in total. The van der Waals surface area contributed by atoms with E-state index in [2.05, 4.69) is 21.6 Å². The molecular weight excluding hydrogens is 626 g/mol. The Kier molecular flexibility index (Phi) is 10.2. The van der Waals surface area contributed by atoms with Crippen LogP contribution < -0.4 is 4.72 Å². The largest absolute Gasteiger partial charge is 0.444 e. The van der Waals surface area contributed by atoms with Gasteiger partial charge in [0, 0.05) is 75.1 Å². The molecule has 2 atom stereocenters. The number of sulfonamides is 1. The quantitative estimate of drug-likeness (QED) is 0.166. The number of benzene rings is 2. The van der Waals surface area contributed by atoms with Gasteiger partial charge in [0.05, 0.1) is 10.8 Å². The molecule has 2 aliphatic rings. The second kappa shape index (κ2) is 14.0. The minimum atomic E-state index is -4.38. The van der Waals surface area contributed by atoms with Crippen LogP contribution in [0.3, 0.4) is 0 Å². The van der Waals surface area contributed by atoms with Crippen molar-refractivity contribution in [3.8, 4) is 0 Å². The van der Waals surface area contributed by atoms with Gasteiger partial charge in [-0.1, -0.05) is 30.3 Å². The van der Waals surface area contributed by atoms with Gasteiger partial charge in [-0.25, -0.2) is 17.9 Å². The van der Waals surface area contributed by atoms with E-state index in [4.69, 9.17) is 9.47 Å². The number of amides is 2. The Morgan fingerprint density at radius 3 is 2.47 bits per heavy atom. The minimum Gasteiger partial charge on any atom is -0.444 e. The molecule has 13 nitrogen and oxygen atoms in total. The van der Waals surface area contributed by atoms with Crippen LogP contribution in [-0.2, 0) is 37.4 Å². The molecule has 14 heteroatoms. The molecule has 254 valence electrons. The zero-order valence-electron chi connectivity index (χ0n) is 27.3. The van der Waals surface area contributed by atoms with Gasteiger partial charge in [-0.3, -0.25) is 14.9 Å². The first-order valence-corrected chi connectivity index (χ1v) is 17.4. The van der Waals surface area contributed by atoms with Crippen molar-refractivity contribution in [3.63, 3.8) is 0 Å². The number of ether oxygens (including phenoxy) is 2. The second-order valence-electron chi connectivity index (χ2n) is 13.3. The van der Waals surface area contributed by atoms with Crippen LogP contribution in [0.4, 0.5) is 10.5 Å². The average Bonchev–Trinajstić information content (AvgIpc) is 3.80. The number of nitro benzene ring substituents is 1. The molecule has 2 amide bonds. The molecule has 1 saturated heterocycles. The Hall–Kier alpha value is -4.01. The Bertz CT molecular complexity index is 1730. The van der Waals surface area contributed by atoms with Gasteiger partial charge < -0.3 is 23.8 Å². The van der Waals surface area contributed by atoms with Crippen molar-refractivity contribution in [2.24, 2.45) is 5.92 Å². The first kappa shape index (κ1) is 34.3. The maximum absolute atomic E-state index is 14.4. The van der Waals surface area contributed by atoms with Crippen LogP contribution >= 0.6 is 0 Å². The molecule has 0 bridgehead atoms. The van der Waals surface area contributed by atoms with E-state index in [1.54, 1.807) is 27.9 Å². The number of carbonyl (C=O) groups is 2. The standard InChI is InChI=1S/C33H43N5O8S/c1-33(2,3)46-32(40)36-19-23(18-25(22-36)34-47(43,44)30-13-8-7-12-29(30)38(41)42)31(39)37(26-14-15-26)21-24-20-35(16-9-17-45-4)28-11-6-5-10-27(24)28/h5-8,10-13,20,23,25-26,34H,9,14-19,21-22H2,1-4H3. The van der Waals surface area contributed by atoms with Crippen molar-refractivity contribution in [3.05, 3.63) is 70.4 Å². The van der Waals surface area contributed by atoms with Gasteiger partial charge in [0.2, 0.25) is 15.9 Å². The van der Waals surface area contributed by atoms with Crippen LogP contribution in [0, 0.1) is 16.0 Å². The number of para-hydroxylation sites is 2. The zero-order valence-corrected chi connectivity index (χ0v) is 28.1. The Morgan fingerprint density at radius 2 is 1.79 bits per heavy atom. The third-order valence-electron chi connectivity index (χ3n) is 8.35. The van der Waals surface area contributed by atoms with E-state index in [1.165, 1.54) is 17.0 Å². The lowest BCUT2D eigenvalue weighted by Gasteiger charge is -2.39. The lowest BCUT2D eigenvalue weighted by atomic mass is 9.93. The maximum Gasteiger partial charge on any atom is 0.410 e. The number of methoxy groups -OCH3 is 1. The molecule has 2 aromatic carbocycles. The normalized spacial score (nSPS) is 18.7. The van der Waals surface area contributed by atoms with E-state index in [0.29, 0.717) is 13.2 Å². The topological polar surface area (TPSA) is 153 Å². The van der Waals surface area contributed by atoms with E-state index < -0.39 is 49.2 Å². The number of fused-ring (bicyclic) bond motifs is 1. The van der Waals surface area contributed by atoms with E-state index >= 15 is 0 Å². The lowest BCUT2D eigenvalue weighted by molar-refractivity contribution is -0.387. The van der Waals surface area contributed by atoms with E-state index in [0.717, 1.165) is 54.4 Å². The predicted molar refractivity (Wildman–Crippen MR) is 175 cm³/mol. The van der Waals surface area contributed by atoms with E-state index in [-0.39, 0.29) is 31.5 Å². The van der Waals surface area contributed by atoms with Gasteiger partial charge in [0.1, 0.15) is 5.60 Å². The Balaban J connectivity index is 1.42. The van der Waals surface area contributed by atoms with Crippen LogP contribution in [0.1, 0.15) is 52.0 Å². The molecule has 2 heterocycles. The fourth-order valence-corrected chi connectivity index (χ4v) is 7.57. The fraction of sp³-hybridized carbons (Fsp3) is 0.515. The van der Waals surface area contributed by atoms with Crippen LogP contribution in [0.15, 0.2) is 59.6 Å². The monoisotopic (exact) mass is 669 g/mol. The summed E-state index contributed by atoms with van der Waals surface area (Å²) >= 11 is 0. The summed E-state index contributed by atoms with van der Waals surface area (Å²) in [5.41, 5.74) is 0.700. The van der Waals surface area contributed by atoms with Gasteiger partial charge in [0.25, 0.3) is 5.69 Å². The first-order chi connectivity index (χ1) is 22.3. The second-order valence-corrected chi connectivity index (χ2v) is 15.0. The lowest BCUT2D eigenvalue weighted by Crippen LogP contribution is -2.56. The maximum atomic E-state index is 14.4. The number of nitro groups is 1. The highest BCUT2D eigenvalue weighted by molar-refractivity contribution is 7.89. The molecule has 2 unspecified atom stereocenters. The third-order valence-corrected chi connectivity index (χ3v) is 9.92. The predicted octanol–water partition coefficient (Wildman–Crippen LogP) is 4.68. The molecule has 47 heavy (non-hydrogen) atoms. The average molecular weight is 670 g/mol. The van der Waals surface area contributed by atoms with Crippen LogP contribution in [-0.4, -0.2) is 84.2 Å².